The quantitative estimate of drug-likeness (QED) is 0.127. The van der Waals surface area contributed by atoms with E-state index < -0.39 is 4.92 Å². The second-order valence-electron chi connectivity index (χ2n) is 9.08. The maximum absolute atomic E-state index is 13.5. The number of methoxy groups -OCH3 is 1. The number of nitrogens with zero attached hydrogens (tertiary/aromatic N) is 5. The second kappa shape index (κ2) is 11.5. The molecule has 0 atom stereocenters. The molecular weight excluding hydrogens is 590 g/mol. The Kier molecular flexibility index (Phi) is 7.89. The summed E-state index contributed by atoms with van der Waals surface area (Å²) in [6.45, 7) is 0. The molecule has 1 fully saturated rings. The number of hydrogen-bond donors (Lipinski definition) is 0. The van der Waals surface area contributed by atoms with Gasteiger partial charge in [-0.3, -0.25) is 14.9 Å². The van der Waals surface area contributed by atoms with Crippen LogP contribution in [-0.2, 0) is 0 Å². The average molecular weight is 613 g/mol. The summed E-state index contributed by atoms with van der Waals surface area (Å²) in [4.78, 5) is 32.7. The van der Waals surface area contributed by atoms with Crippen molar-refractivity contribution in [1.29, 1.82) is 0 Å². The number of ether oxygens (including phenoxy) is 2. The molecule has 200 valence electrons. The molecule has 0 unspecified atom stereocenters. The van der Waals surface area contributed by atoms with Crippen LogP contribution in [0, 0.1) is 10.1 Å². The van der Waals surface area contributed by atoms with Crippen LogP contribution < -0.4 is 15.0 Å². The van der Waals surface area contributed by atoms with E-state index in [1.165, 1.54) is 36.6 Å². The number of benzene rings is 2. The molecule has 4 aromatic rings. The van der Waals surface area contributed by atoms with Crippen LogP contribution in [0.15, 0.2) is 63.0 Å². The number of hydrogen-bond acceptors (Lipinski definition) is 8. The van der Waals surface area contributed by atoms with Crippen molar-refractivity contribution in [3.05, 3.63) is 90.0 Å². The van der Waals surface area contributed by atoms with Gasteiger partial charge in [-0.15, -0.1) is 0 Å². The summed E-state index contributed by atoms with van der Waals surface area (Å²) in [6.07, 6.45) is 7.86. The van der Waals surface area contributed by atoms with Crippen LogP contribution in [0.2, 0.25) is 5.02 Å². The highest BCUT2D eigenvalue weighted by Crippen LogP contribution is 2.39. The minimum atomic E-state index is -0.548. The van der Waals surface area contributed by atoms with Crippen molar-refractivity contribution in [2.45, 2.75) is 38.0 Å². The van der Waals surface area contributed by atoms with E-state index in [4.69, 9.17) is 26.1 Å². The van der Waals surface area contributed by atoms with Gasteiger partial charge in [0.05, 0.1) is 34.2 Å². The minimum absolute atomic E-state index is 0.110. The van der Waals surface area contributed by atoms with Gasteiger partial charge < -0.3 is 9.47 Å². The molecule has 5 rings (SSSR count). The third-order valence-electron chi connectivity index (χ3n) is 6.52. The monoisotopic (exact) mass is 611 g/mol. The first-order valence-corrected chi connectivity index (χ1v) is 13.4. The molecule has 0 saturated heterocycles. The van der Waals surface area contributed by atoms with Gasteiger partial charge in [0.25, 0.3) is 11.2 Å². The van der Waals surface area contributed by atoms with Crippen molar-refractivity contribution in [3.8, 4) is 17.4 Å². The Morgan fingerprint density at radius 1 is 1.18 bits per heavy atom. The summed E-state index contributed by atoms with van der Waals surface area (Å²) in [7, 11) is 1.46. The maximum atomic E-state index is 13.5. The Morgan fingerprint density at radius 2 is 1.97 bits per heavy atom. The Labute approximate surface area is 236 Å². The second-order valence-corrected chi connectivity index (χ2v) is 10.4. The zero-order valence-electron chi connectivity index (χ0n) is 20.8. The van der Waals surface area contributed by atoms with Crippen molar-refractivity contribution in [2.24, 2.45) is 5.10 Å². The molecular formula is C27H23BrClN5O5. The van der Waals surface area contributed by atoms with Crippen molar-refractivity contribution < 1.29 is 14.4 Å². The lowest BCUT2D eigenvalue weighted by Gasteiger charge is -2.22. The predicted octanol–water partition coefficient (Wildman–Crippen LogP) is 6.85. The van der Waals surface area contributed by atoms with Gasteiger partial charge in [-0.05, 0) is 48.7 Å². The van der Waals surface area contributed by atoms with Crippen LogP contribution in [0.25, 0.3) is 10.9 Å². The largest absolute Gasteiger partial charge is 0.493 e. The zero-order chi connectivity index (χ0) is 27.5. The van der Waals surface area contributed by atoms with E-state index in [1.54, 1.807) is 18.2 Å². The highest BCUT2D eigenvalue weighted by molar-refractivity contribution is 9.10. The molecule has 10 nitrogen and oxygen atoms in total. The third-order valence-corrected chi connectivity index (χ3v) is 7.29. The van der Waals surface area contributed by atoms with E-state index in [0.29, 0.717) is 28.0 Å². The molecule has 1 aliphatic rings. The van der Waals surface area contributed by atoms with Gasteiger partial charge in [-0.1, -0.05) is 46.8 Å². The molecule has 1 aliphatic carbocycles. The van der Waals surface area contributed by atoms with E-state index in [0.717, 1.165) is 36.4 Å². The first-order chi connectivity index (χ1) is 18.8. The molecule has 0 N–H and O–H groups in total. The molecule has 39 heavy (non-hydrogen) atoms. The third kappa shape index (κ3) is 5.79. The summed E-state index contributed by atoms with van der Waals surface area (Å²) in [5.41, 5.74) is 0.795. The summed E-state index contributed by atoms with van der Waals surface area (Å²) in [5, 5.41) is 16.1. The Morgan fingerprint density at radius 3 is 2.67 bits per heavy atom. The van der Waals surface area contributed by atoms with Crippen molar-refractivity contribution in [2.75, 3.05) is 7.11 Å². The molecule has 0 aliphatic heterocycles. The van der Waals surface area contributed by atoms with E-state index in [1.807, 2.05) is 12.1 Å². The van der Waals surface area contributed by atoms with Crippen molar-refractivity contribution in [1.82, 2.24) is 14.6 Å². The van der Waals surface area contributed by atoms with Crippen molar-refractivity contribution >= 4 is 50.3 Å². The smallest absolute Gasteiger partial charge is 0.287 e. The normalized spacial score (nSPS) is 14.1. The lowest BCUT2D eigenvalue weighted by atomic mass is 9.88. The topological polar surface area (TPSA) is 122 Å². The lowest BCUT2D eigenvalue weighted by Crippen LogP contribution is -2.25. The minimum Gasteiger partial charge on any atom is -0.493 e. The summed E-state index contributed by atoms with van der Waals surface area (Å²) in [5.74, 6) is 1.38. The molecule has 0 radical (unpaired) electrons. The van der Waals surface area contributed by atoms with E-state index in [2.05, 4.69) is 26.0 Å². The Balaban J connectivity index is 1.51. The molecule has 0 amide bonds. The fourth-order valence-corrected chi connectivity index (χ4v) is 5.20. The van der Waals surface area contributed by atoms with Gasteiger partial charge in [-0.2, -0.15) is 9.78 Å². The fourth-order valence-electron chi connectivity index (χ4n) is 4.59. The van der Waals surface area contributed by atoms with Gasteiger partial charge in [0.2, 0.25) is 5.88 Å². The predicted molar refractivity (Wildman–Crippen MR) is 151 cm³/mol. The molecule has 2 heterocycles. The number of nitro groups is 1. The molecule has 0 bridgehead atoms. The number of rotatable bonds is 7. The number of halogens is 2. The van der Waals surface area contributed by atoms with E-state index >= 15 is 0 Å². The van der Waals surface area contributed by atoms with Crippen molar-refractivity contribution in [3.63, 3.8) is 0 Å². The highest BCUT2D eigenvalue weighted by atomic mass is 79.9. The number of pyridine rings is 1. The fraction of sp³-hybridized carbons (Fsp3) is 0.259. The molecule has 0 spiro atoms. The first-order valence-electron chi connectivity index (χ1n) is 12.3. The molecule has 2 aromatic carbocycles. The summed E-state index contributed by atoms with van der Waals surface area (Å²) >= 11 is 9.95. The Hall–Kier alpha value is -3.83. The van der Waals surface area contributed by atoms with Gasteiger partial charge in [0.1, 0.15) is 12.0 Å². The molecule has 2 aromatic heterocycles. The summed E-state index contributed by atoms with van der Waals surface area (Å²) < 4.78 is 13.4. The van der Waals surface area contributed by atoms with Crippen LogP contribution in [0.3, 0.4) is 0 Å². The van der Waals surface area contributed by atoms with Crippen LogP contribution >= 0.6 is 27.5 Å². The van der Waals surface area contributed by atoms with Gasteiger partial charge in [-0.25, -0.2) is 9.97 Å². The Bertz CT molecular complexity index is 1630. The lowest BCUT2D eigenvalue weighted by molar-refractivity contribution is -0.385. The summed E-state index contributed by atoms with van der Waals surface area (Å²) in [6, 6.07) is 11.4. The van der Waals surface area contributed by atoms with Crippen LogP contribution in [0.5, 0.6) is 17.4 Å². The van der Waals surface area contributed by atoms with Gasteiger partial charge in [0.15, 0.2) is 11.5 Å². The average Bonchev–Trinajstić information content (AvgIpc) is 2.94. The van der Waals surface area contributed by atoms with Crippen LogP contribution in [-0.4, -0.2) is 32.9 Å². The van der Waals surface area contributed by atoms with Crippen LogP contribution in [0.1, 0.15) is 49.4 Å². The number of fused-ring (bicyclic) bond motifs is 1. The standard InChI is InChI=1S/C27H23BrClN5O5/c1-38-23-12-16(11-21(29)25(23)39-24-10-8-19(15-30-24)34(36)37)14-31-33-26(17-5-3-2-4-6-17)32-22-9-7-18(28)13-20(22)27(33)35/h7-15,17H,2-6H2,1H3. The van der Waals surface area contributed by atoms with Gasteiger partial charge in [0, 0.05) is 22.5 Å². The molecule has 12 heteroatoms. The SMILES string of the molecule is COc1cc(C=Nn2c(C3CCCCC3)nc3ccc(Br)cc3c2=O)cc(Cl)c1Oc1ccc([N+](=O)[O-])cn1. The van der Waals surface area contributed by atoms with Crippen LogP contribution in [0.4, 0.5) is 5.69 Å². The number of aromatic nitrogens is 3. The first kappa shape index (κ1) is 26.8. The van der Waals surface area contributed by atoms with E-state index in [9.17, 15) is 14.9 Å². The zero-order valence-corrected chi connectivity index (χ0v) is 23.2. The molecule has 1 saturated carbocycles. The van der Waals surface area contributed by atoms with E-state index in [-0.39, 0.29) is 33.8 Å². The maximum Gasteiger partial charge on any atom is 0.287 e. The highest BCUT2D eigenvalue weighted by Gasteiger charge is 2.23. The van der Waals surface area contributed by atoms with Gasteiger partial charge >= 0.3 is 0 Å².